The first kappa shape index (κ1) is 18.0. The van der Waals surface area contributed by atoms with Gasteiger partial charge in [-0.15, -0.1) is 0 Å². The van der Waals surface area contributed by atoms with E-state index in [0.717, 1.165) is 30.2 Å². The summed E-state index contributed by atoms with van der Waals surface area (Å²) in [5.74, 6) is 0.434. The van der Waals surface area contributed by atoms with E-state index in [1.54, 1.807) is 11.6 Å². The van der Waals surface area contributed by atoms with Gasteiger partial charge in [-0.2, -0.15) is 0 Å². The minimum absolute atomic E-state index is 0.0768. The molecule has 2 aromatic carbocycles. The van der Waals surface area contributed by atoms with Gasteiger partial charge in [-0.05, 0) is 49.1 Å². The molecular weight excluding hydrogens is 358 g/mol. The predicted molar refractivity (Wildman–Crippen MR) is 110 cm³/mol. The van der Waals surface area contributed by atoms with Crippen molar-refractivity contribution in [3.8, 4) is 0 Å². The number of nitrogens with zero attached hydrogens (tertiary/aromatic N) is 3. The highest BCUT2D eigenvalue weighted by atomic mass is 32.2. The van der Waals surface area contributed by atoms with Gasteiger partial charge in [-0.25, -0.2) is 4.98 Å². The molecule has 4 rings (SSSR count). The lowest BCUT2D eigenvalue weighted by molar-refractivity contribution is -0.131. The van der Waals surface area contributed by atoms with Crippen LogP contribution in [0.4, 0.5) is 0 Å². The zero-order valence-corrected chi connectivity index (χ0v) is 16.5. The quantitative estimate of drug-likeness (QED) is 0.395. The second-order valence-electron chi connectivity index (χ2n) is 7.20. The highest BCUT2D eigenvalue weighted by Crippen LogP contribution is 2.23. The van der Waals surface area contributed by atoms with Crippen LogP contribution in [0.2, 0.25) is 0 Å². The van der Waals surface area contributed by atoms with Gasteiger partial charge in [0.1, 0.15) is 0 Å². The molecule has 3 aromatic rings. The highest BCUT2D eigenvalue weighted by Gasteiger charge is 2.23. The van der Waals surface area contributed by atoms with Gasteiger partial charge in [0.15, 0.2) is 5.16 Å². The summed E-state index contributed by atoms with van der Waals surface area (Å²) in [7, 11) is 1.72. The SMILES string of the molecule is C[C@H]1CCCCN1C(=O)CSc1nc2cc3ccccc3cc2c(=O)n1C. The van der Waals surface area contributed by atoms with E-state index in [2.05, 4.69) is 11.9 Å². The Morgan fingerprint density at radius 3 is 2.70 bits per heavy atom. The van der Waals surface area contributed by atoms with E-state index >= 15 is 0 Å². The molecule has 1 aliphatic rings. The summed E-state index contributed by atoms with van der Waals surface area (Å²) in [6.07, 6.45) is 3.32. The fraction of sp³-hybridized carbons (Fsp3) is 0.381. The van der Waals surface area contributed by atoms with Crippen molar-refractivity contribution in [3.63, 3.8) is 0 Å². The average molecular weight is 382 g/mol. The van der Waals surface area contributed by atoms with Crippen LogP contribution in [-0.2, 0) is 11.8 Å². The van der Waals surface area contributed by atoms with E-state index in [1.807, 2.05) is 41.3 Å². The first-order chi connectivity index (χ1) is 13.0. The van der Waals surface area contributed by atoms with Crippen molar-refractivity contribution in [2.24, 2.45) is 7.05 Å². The Balaban J connectivity index is 1.63. The Labute approximate surface area is 162 Å². The molecule has 1 amide bonds. The number of carbonyl (C=O) groups is 1. The van der Waals surface area contributed by atoms with Crippen LogP contribution >= 0.6 is 11.8 Å². The first-order valence-corrected chi connectivity index (χ1v) is 10.3. The van der Waals surface area contributed by atoms with Crippen molar-refractivity contribution in [2.75, 3.05) is 12.3 Å². The van der Waals surface area contributed by atoms with Crippen molar-refractivity contribution in [1.29, 1.82) is 0 Å². The number of carbonyl (C=O) groups excluding carboxylic acids is 1. The molecule has 1 saturated heterocycles. The number of thioether (sulfide) groups is 1. The second kappa shape index (κ2) is 7.35. The van der Waals surface area contributed by atoms with Gasteiger partial charge < -0.3 is 4.90 Å². The fourth-order valence-corrected chi connectivity index (χ4v) is 4.60. The van der Waals surface area contributed by atoms with E-state index in [9.17, 15) is 9.59 Å². The molecule has 0 radical (unpaired) electrons. The maximum absolute atomic E-state index is 12.8. The van der Waals surface area contributed by atoms with Crippen LogP contribution in [-0.4, -0.2) is 38.7 Å². The van der Waals surface area contributed by atoms with Crippen LogP contribution < -0.4 is 5.56 Å². The molecule has 6 heteroatoms. The maximum atomic E-state index is 12.8. The molecule has 0 bridgehead atoms. The lowest BCUT2D eigenvalue weighted by Gasteiger charge is -2.33. The zero-order valence-electron chi connectivity index (χ0n) is 15.6. The van der Waals surface area contributed by atoms with Gasteiger partial charge >= 0.3 is 0 Å². The summed E-state index contributed by atoms with van der Waals surface area (Å²) in [5.41, 5.74) is 0.602. The average Bonchev–Trinajstić information content (AvgIpc) is 2.68. The largest absolute Gasteiger partial charge is 0.339 e. The van der Waals surface area contributed by atoms with Crippen molar-refractivity contribution in [1.82, 2.24) is 14.5 Å². The molecule has 0 N–H and O–H groups in total. The number of benzene rings is 2. The second-order valence-corrected chi connectivity index (χ2v) is 8.14. The number of hydrogen-bond acceptors (Lipinski definition) is 4. The van der Waals surface area contributed by atoms with E-state index in [1.165, 1.54) is 18.2 Å². The minimum Gasteiger partial charge on any atom is -0.339 e. The molecular formula is C21H23N3O2S. The topological polar surface area (TPSA) is 55.2 Å². The Morgan fingerprint density at radius 1 is 1.22 bits per heavy atom. The number of aromatic nitrogens is 2. The predicted octanol–water partition coefficient (Wildman–Crippen LogP) is 3.58. The Bertz CT molecular complexity index is 1080. The lowest BCUT2D eigenvalue weighted by Crippen LogP contribution is -2.43. The maximum Gasteiger partial charge on any atom is 0.261 e. The molecule has 0 saturated carbocycles. The van der Waals surface area contributed by atoms with Crippen molar-refractivity contribution >= 4 is 39.3 Å². The van der Waals surface area contributed by atoms with Crippen LogP contribution in [0.1, 0.15) is 26.2 Å². The van der Waals surface area contributed by atoms with E-state index in [4.69, 9.17) is 0 Å². The van der Waals surface area contributed by atoms with Gasteiger partial charge in [0, 0.05) is 19.6 Å². The van der Waals surface area contributed by atoms with Crippen LogP contribution in [0.5, 0.6) is 0 Å². The molecule has 140 valence electrons. The number of hydrogen-bond donors (Lipinski definition) is 0. The summed E-state index contributed by atoms with van der Waals surface area (Å²) in [6, 6.07) is 12.1. The van der Waals surface area contributed by atoms with Gasteiger partial charge in [0.05, 0.1) is 16.7 Å². The molecule has 5 nitrogen and oxygen atoms in total. The van der Waals surface area contributed by atoms with Gasteiger partial charge in [0.2, 0.25) is 5.91 Å². The molecule has 0 aliphatic carbocycles. The third-order valence-corrected chi connectivity index (χ3v) is 6.36. The van der Waals surface area contributed by atoms with E-state index in [-0.39, 0.29) is 11.5 Å². The highest BCUT2D eigenvalue weighted by molar-refractivity contribution is 7.99. The monoisotopic (exact) mass is 381 g/mol. The smallest absolute Gasteiger partial charge is 0.261 e. The molecule has 2 heterocycles. The van der Waals surface area contributed by atoms with Crippen molar-refractivity contribution < 1.29 is 4.79 Å². The Morgan fingerprint density at radius 2 is 1.96 bits per heavy atom. The van der Waals surface area contributed by atoms with Crippen LogP contribution in [0.25, 0.3) is 21.7 Å². The summed E-state index contributed by atoms with van der Waals surface area (Å²) < 4.78 is 1.55. The van der Waals surface area contributed by atoms with Crippen LogP contribution in [0.3, 0.4) is 0 Å². The summed E-state index contributed by atoms with van der Waals surface area (Å²) >= 11 is 1.35. The third-order valence-electron chi connectivity index (χ3n) is 5.35. The number of rotatable bonds is 3. The number of piperidine rings is 1. The minimum atomic E-state index is -0.0768. The molecule has 1 atom stereocenters. The van der Waals surface area contributed by atoms with Gasteiger partial charge in [-0.1, -0.05) is 36.0 Å². The lowest BCUT2D eigenvalue weighted by atomic mass is 10.0. The summed E-state index contributed by atoms with van der Waals surface area (Å²) in [5, 5.41) is 3.27. The zero-order chi connectivity index (χ0) is 19.0. The molecule has 27 heavy (non-hydrogen) atoms. The van der Waals surface area contributed by atoms with Crippen LogP contribution in [0.15, 0.2) is 46.3 Å². The molecule has 0 spiro atoms. The van der Waals surface area contributed by atoms with Crippen molar-refractivity contribution in [3.05, 3.63) is 46.8 Å². The van der Waals surface area contributed by atoms with E-state index in [0.29, 0.717) is 27.9 Å². The fourth-order valence-electron chi connectivity index (χ4n) is 3.74. The summed E-state index contributed by atoms with van der Waals surface area (Å²) in [4.78, 5) is 32.1. The van der Waals surface area contributed by atoms with Crippen molar-refractivity contribution in [2.45, 2.75) is 37.4 Å². The Hall–Kier alpha value is -2.34. The van der Waals surface area contributed by atoms with E-state index < -0.39 is 0 Å². The number of amides is 1. The Kier molecular flexibility index (Phi) is 4.91. The normalized spacial score (nSPS) is 17.6. The number of fused-ring (bicyclic) bond motifs is 2. The molecule has 0 unspecified atom stereocenters. The number of likely N-dealkylation sites (tertiary alicyclic amines) is 1. The molecule has 1 aliphatic heterocycles. The first-order valence-electron chi connectivity index (χ1n) is 9.36. The van der Waals surface area contributed by atoms with Gasteiger partial charge in [-0.3, -0.25) is 14.2 Å². The molecule has 1 aromatic heterocycles. The standard InChI is InChI=1S/C21H23N3O2S/c1-14-7-5-6-10-24(14)19(25)13-27-21-22-18-12-16-9-4-3-8-15(16)11-17(18)20(26)23(21)2/h3-4,8-9,11-12,14H,5-7,10,13H2,1-2H3/t14-/m0/s1. The summed E-state index contributed by atoms with van der Waals surface area (Å²) in [6.45, 7) is 2.94. The van der Waals surface area contributed by atoms with Crippen LogP contribution in [0, 0.1) is 0 Å². The molecule has 1 fully saturated rings. The van der Waals surface area contributed by atoms with Gasteiger partial charge in [0.25, 0.3) is 5.56 Å². The third kappa shape index (κ3) is 3.46.